The zero-order chi connectivity index (χ0) is 16.4. The number of aryl methyl sites for hydroxylation is 1. The molecular weight excluding hydrogens is 286 g/mol. The van der Waals surface area contributed by atoms with E-state index >= 15 is 0 Å². The van der Waals surface area contributed by atoms with Gasteiger partial charge in [-0.1, -0.05) is 18.2 Å². The Labute approximate surface area is 137 Å². The largest absolute Gasteiger partial charge is 0.334 e. The van der Waals surface area contributed by atoms with Crippen LogP contribution in [-0.4, -0.2) is 34.5 Å². The van der Waals surface area contributed by atoms with Gasteiger partial charge < -0.3 is 15.2 Å². The number of nitrogens with two attached hydrogens (primary N) is 1. The Kier molecular flexibility index (Phi) is 4.53. The van der Waals surface area contributed by atoms with Gasteiger partial charge in [0.2, 0.25) is 0 Å². The number of likely N-dealkylation sites (tertiary alicyclic amines) is 1. The summed E-state index contributed by atoms with van der Waals surface area (Å²) < 4.78 is 2.15. The average molecular weight is 311 g/mol. The number of rotatable bonds is 3. The van der Waals surface area contributed by atoms with Gasteiger partial charge in [0, 0.05) is 36.2 Å². The van der Waals surface area contributed by atoms with Gasteiger partial charge in [0.15, 0.2) is 0 Å². The zero-order valence-electron chi connectivity index (χ0n) is 14.0. The van der Waals surface area contributed by atoms with Crippen LogP contribution in [-0.2, 0) is 0 Å². The van der Waals surface area contributed by atoms with E-state index in [4.69, 9.17) is 5.73 Å². The van der Waals surface area contributed by atoms with E-state index in [-0.39, 0.29) is 11.9 Å². The second-order valence-corrected chi connectivity index (χ2v) is 6.34. The summed E-state index contributed by atoms with van der Waals surface area (Å²) in [6, 6.07) is 12.4. The number of carbonyl (C=O) groups excluding carboxylic acids is 1. The number of aromatic nitrogens is 1. The lowest BCUT2D eigenvalue weighted by Crippen LogP contribution is -2.47. The molecular formula is C19H25N3O. The minimum Gasteiger partial charge on any atom is -0.334 e. The van der Waals surface area contributed by atoms with Gasteiger partial charge in [0.05, 0.1) is 5.56 Å². The second-order valence-electron chi connectivity index (χ2n) is 6.34. The van der Waals surface area contributed by atoms with E-state index in [1.54, 1.807) is 0 Å². The first-order valence-electron chi connectivity index (χ1n) is 8.39. The molecule has 4 heteroatoms. The molecule has 0 spiro atoms. The fraction of sp³-hybridized carbons (Fsp3) is 0.421. The lowest BCUT2D eigenvalue weighted by molar-refractivity contribution is 0.0622. The minimum atomic E-state index is 0.121. The van der Waals surface area contributed by atoms with Crippen molar-refractivity contribution in [1.82, 2.24) is 9.47 Å². The summed E-state index contributed by atoms with van der Waals surface area (Å²) in [6.07, 6.45) is 3.24. The molecule has 0 radical (unpaired) electrons. The number of para-hydroxylation sites is 1. The fourth-order valence-corrected chi connectivity index (χ4v) is 3.62. The average Bonchev–Trinajstić information content (AvgIpc) is 2.89. The third-order valence-electron chi connectivity index (χ3n) is 4.84. The van der Waals surface area contributed by atoms with Crippen LogP contribution in [0.3, 0.4) is 0 Å². The standard InChI is InChI=1S/C19H25N3O/c1-14-12-18(15(2)22(14)16-8-4-3-5-9-16)19(23)21-11-7-6-10-17(21)13-20/h3-5,8-9,12,17H,6-7,10-11,13,20H2,1-2H3. The van der Waals surface area contributed by atoms with E-state index in [9.17, 15) is 4.79 Å². The third-order valence-corrected chi connectivity index (χ3v) is 4.84. The summed E-state index contributed by atoms with van der Waals surface area (Å²) in [7, 11) is 0. The molecule has 2 N–H and O–H groups in total. The van der Waals surface area contributed by atoms with E-state index in [1.807, 2.05) is 43.0 Å². The van der Waals surface area contributed by atoms with E-state index in [1.165, 1.54) is 0 Å². The lowest BCUT2D eigenvalue weighted by atomic mass is 10.0. The normalized spacial score (nSPS) is 18.2. The Morgan fingerprint density at radius 1 is 1.22 bits per heavy atom. The fourth-order valence-electron chi connectivity index (χ4n) is 3.62. The highest BCUT2D eigenvalue weighted by atomic mass is 16.2. The van der Waals surface area contributed by atoms with Crippen molar-refractivity contribution in [3.8, 4) is 5.69 Å². The Morgan fingerprint density at radius 2 is 1.96 bits per heavy atom. The van der Waals surface area contributed by atoms with E-state index in [0.29, 0.717) is 6.54 Å². The molecule has 1 saturated heterocycles. The van der Waals surface area contributed by atoms with Crippen LogP contribution in [0.5, 0.6) is 0 Å². The molecule has 1 atom stereocenters. The molecule has 3 rings (SSSR count). The van der Waals surface area contributed by atoms with Crippen LogP contribution >= 0.6 is 0 Å². The first-order chi connectivity index (χ1) is 11.1. The Hall–Kier alpha value is -2.07. The Bertz CT molecular complexity index is 690. The zero-order valence-corrected chi connectivity index (χ0v) is 14.0. The van der Waals surface area contributed by atoms with Gasteiger partial charge in [0.25, 0.3) is 5.91 Å². The molecule has 1 aliphatic rings. The predicted molar refractivity (Wildman–Crippen MR) is 93.0 cm³/mol. The van der Waals surface area contributed by atoms with Crippen molar-refractivity contribution >= 4 is 5.91 Å². The van der Waals surface area contributed by atoms with Gasteiger partial charge in [-0.05, 0) is 51.3 Å². The molecule has 1 unspecified atom stereocenters. The van der Waals surface area contributed by atoms with Crippen LogP contribution in [0.2, 0.25) is 0 Å². The van der Waals surface area contributed by atoms with E-state index in [0.717, 1.165) is 48.4 Å². The molecule has 4 nitrogen and oxygen atoms in total. The van der Waals surface area contributed by atoms with Crippen LogP contribution in [0.25, 0.3) is 5.69 Å². The quantitative estimate of drug-likeness (QED) is 0.947. The van der Waals surface area contributed by atoms with E-state index in [2.05, 4.69) is 16.7 Å². The molecule has 122 valence electrons. The summed E-state index contributed by atoms with van der Waals surface area (Å²) in [5, 5.41) is 0. The molecule has 1 fully saturated rings. The summed E-state index contributed by atoms with van der Waals surface area (Å²) in [6.45, 7) is 5.43. The summed E-state index contributed by atoms with van der Waals surface area (Å²) in [5.41, 5.74) is 9.85. The van der Waals surface area contributed by atoms with Crippen LogP contribution in [0.15, 0.2) is 36.4 Å². The number of nitrogens with zero attached hydrogens (tertiary/aromatic N) is 2. The molecule has 0 saturated carbocycles. The summed E-state index contributed by atoms with van der Waals surface area (Å²) in [5.74, 6) is 0.121. The molecule has 0 bridgehead atoms. The van der Waals surface area contributed by atoms with Crippen molar-refractivity contribution in [2.45, 2.75) is 39.2 Å². The van der Waals surface area contributed by atoms with E-state index < -0.39 is 0 Å². The number of amides is 1. The monoisotopic (exact) mass is 311 g/mol. The first kappa shape index (κ1) is 15.8. The number of carbonyl (C=O) groups is 1. The van der Waals surface area contributed by atoms with Crippen molar-refractivity contribution in [3.05, 3.63) is 53.3 Å². The summed E-state index contributed by atoms with van der Waals surface area (Å²) >= 11 is 0. The van der Waals surface area contributed by atoms with Crippen LogP contribution in [0.1, 0.15) is 41.0 Å². The lowest BCUT2D eigenvalue weighted by Gasteiger charge is -2.35. The molecule has 1 aromatic heterocycles. The topological polar surface area (TPSA) is 51.3 Å². The number of piperidine rings is 1. The van der Waals surface area contributed by atoms with Gasteiger partial charge >= 0.3 is 0 Å². The molecule has 1 amide bonds. The van der Waals surface area contributed by atoms with Crippen LogP contribution < -0.4 is 5.73 Å². The molecule has 23 heavy (non-hydrogen) atoms. The first-order valence-corrected chi connectivity index (χ1v) is 8.39. The van der Waals surface area contributed by atoms with Gasteiger partial charge in [-0.2, -0.15) is 0 Å². The second kappa shape index (κ2) is 6.59. The highest BCUT2D eigenvalue weighted by Crippen LogP contribution is 2.25. The Morgan fingerprint density at radius 3 is 2.65 bits per heavy atom. The van der Waals surface area contributed by atoms with Crippen molar-refractivity contribution in [2.24, 2.45) is 5.73 Å². The number of hydrogen-bond acceptors (Lipinski definition) is 2. The maximum atomic E-state index is 13.0. The summed E-state index contributed by atoms with van der Waals surface area (Å²) in [4.78, 5) is 15.0. The van der Waals surface area contributed by atoms with Gasteiger partial charge in [0.1, 0.15) is 0 Å². The van der Waals surface area contributed by atoms with Gasteiger partial charge in [-0.15, -0.1) is 0 Å². The van der Waals surface area contributed by atoms with Crippen molar-refractivity contribution in [2.75, 3.05) is 13.1 Å². The minimum absolute atomic E-state index is 0.121. The molecule has 2 heterocycles. The Balaban J connectivity index is 1.96. The van der Waals surface area contributed by atoms with Crippen LogP contribution in [0.4, 0.5) is 0 Å². The van der Waals surface area contributed by atoms with Crippen molar-refractivity contribution in [1.29, 1.82) is 0 Å². The molecule has 0 aliphatic carbocycles. The predicted octanol–water partition coefficient (Wildman–Crippen LogP) is 3.05. The number of benzene rings is 1. The molecule has 2 aromatic rings. The maximum absolute atomic E-state index is 13.0. The number of hydrogen-bond donors (Lipinski definition) is 1. The van der Waals surface area contributed by atoms with Crippen molar-refractivity contribution in [3.63, 3.8) is 0 Å². The maximum Gasteiger partial charge on any atom is 0.255 e. The smallest absolute Gasteiger partial charge is 0.255 e. The van der Waals surface area contributed by atoms with Gasteiger partial charge in [-0.25, -0.2) is 0 Å². The highest BCUT2D eigenvalue weighted by molar-refractivity contribution is 5.96. The third kappa shape index (κ3) is 2.91. The molecule has 1 aromatic carbocycles. The van der Waals surface area contributed by atoms with Gasteiger partial charge in [-0.3, -0.25) is 4.79 Å². The van der Waals surface area contributed by atoms with Crippen LogP contribution in [0, 0.1) is 13.8 Å². The SMILES string of the molecule is Cc1cc(C(=O)N2CCCCC2CN)c(C)n1-c1ccccc1. The highest BCUT2D eigenvalue weighted by Gasteiger charge is 2.28. The molecule has 1 aliphatic heterocycles. The van der Waals surface area contributed by atoms with Crippen molar-refractivity contribution < 1.29 is 4.79 Å².